The number of carbonyl (C=O) groups excluding carboxylic acids is 2. The Kier molecular flexibility index (Phi) is 6.54. The lowest BCUT2D eigenvalue weighted by atomic mass is 10.1. The maximum atomic E-state index is 12.4. The molecule has 0 radical (unpaired) electrons. The van der Waals surface area contributed by atoms with Gasteiger partial charge in [-0.25, -0.2) is 9.59 Å². The molecule has 8 heteroatoms. The minimum Gasteiger partial charge on any atom is -0.490 e. The SMILES string of the molecule is NC(=O)N[C@@H](Cc1c[nH]c2ccccc12)C(=O)OCCOc1cccc(Br)c1. The molecule has 2 aromatic carbocycles. The predicted octanol–water partition coefficient (Wildman–Crippen LogP) is 3.13. The highest BCUT2D eigenvalue weighted by Gasteiger charge is 2.23. The molecule has 0 spiro atoms. The van der Waals surface area contributed by atoms with Crippen molar-refractivity contribution in [1.82, 2.24) is 10.3 Å². The van der Waals surface area contributed by atoms with E-state index in [9.17, 15) is 9.59 Å². The van der Waals surface area contributed by atoms with Crippen LogP contribution in [0.3, 0.4) is 0 Å². The molecular weight excluding hydrogens is 426 g/mol. The van der Waals surface area contributed by atoms with Gasteiger partial charge in [-0.3, -0.25) is 0 Å². The van der Waals surface area contributed by atoms with Crippen molar-refractivity contribution in [3.8, 4) is 5.75 Å². The number of H-pyrrole nitrogens is 1. The smallest absolute Gasteiger partial charge is 0.329 e. The summed E-state index contributed by atoms with van der Waals surface area (Å²) in [6.07, 6.45) is 2.07. The minimum atomic E-state index is -0.887. The highest BCUT2D eigenvalue weighted by molar-refractivity contribution is 9.10. The summed E-state index contributed by atoms with van der Waals surface area (Å²) in [6, 6.07) is 13.4. The van der Waals surface area contributed by atoms with Crippen LogP contribution < -0.4 is 15.8 Å². The van der Waals surface area contributed by atoms with Crippen molar-refractivity contribution in [3.05, 3.63) is 64.8 Å². The molecule has 0 unspecified atom stereocenters. The van der Waals surface area contributed by atoms with E-state index in [1.807, 2.05) is 48.7 Å². The Labute approximate surface area is 170 Å². The van der Waals surface area contributed by atoms with Crippen molar-refractivity contribution in [1.29, 1.82) is 0 Å². The fourth-order valence-electron chi connectivity index (χ4n) is 2.84. The van der Waals surface area contributed by atoms with Gasteiger partial charge in [0.1, 0.15) is 25.0 Å². The first-order valence-electron chi connectivity index (χ1n) is 8.69. The molecule has 0 fully saturated rings. The zero-order chi connectivity index (χ0) is 19.9. The fraction of sp³-hybridized carbons (Fsp3) is 0.200. The summed E-state index contributed by atoms with van der Waals surface area (Å²) in [5, 5.41) is 3.43. The van der Waals surface area contributed by atoms with Crippen LogP contribution in [-0.4, -0.2) is 36.2 Å². The maximum Gasteiger partial charge on any atom is 0.329 e. The molecule has 1 heterocycles. The molecule has 0 aliphatic carbocycles. The Hall–Kier alpha value is -3.00. The Morgan fingerprint density at radius 1 is 1.14 bits per heavy atom. The molecule has 0 saturated carbocycles. The Morgan fingerprint density at radius 3 is 2.75 bits per heavy atom. The third-order valence-corrected chi connectivity index (χ3v) is 4.59. The van der Waals surface area contributed by atoms with E-state index in [2.05, 4.69) is 26.2 Å². The number of benzene rings is 2. The van der Waals surface area contributed by atoms with Gasteiger partial charge in [0.05, 0.1) is 0 Å². The van der Waals surface area contributed by atoms with Gasteiger partial charge in [-0.1, -0.05) is 40.2 Å². The standard InChI is InChI=1S/C20H20BrN3O4/c21-14-4-3-5-15(11-14)27-8-9-28-19(25)18(24-20(22)26)10-13-12-23-17-7-2-1-6-16(13)17/h1-7,11-12,18,23H,8-10H2,(H3,22,24,26)/t18-/m0/s1. The van der Waals surface area contributed by atoms with Crippen molar-refractivity contribution >= 4 is 38.8 Å². The predicted molar refractivity (Wildman–Crippen MR) is 109 cm³/mol. The summed E-state index contributed by atoms with van der Waals surface area (Å²) >= 11 is 3.36. The summed E-state index contributed by atoms with van der Waals surface area (Å²) in [7, 11) is 0. The quantitative estimate of drug-likeness (QED) is 0.365. The van der Waals surface area contributed by atoms with Gasteiger partial charge < -0.3 is 25.5 Å². The number of esters is 1. The van der Waals surface area contributed by atoms with Crippen LogP contribution in [0.5, 0.6) is 5.75 Å². The topological polar surface area (TPSA) is 106 Å². The molecule has 3 aromatic rings. The summed E-state index contributed by atoms with van der Waals surface area (Å²) in [6.45, 7) is 0.245. The van der Waals surface area contributed by atoms with E-state index in [1.165, 1.54) is 0 Å². The van der Waals surface area contributed by atoms with Crippen LogP contribution in [0.4, 0.5) is 4.79 Å². The Balaban J connectivity index is 1.57. The lowest BCUT2D eigenvalue weighted by molar-refractivity contribution is -0.146. The molecule has 4 N–H and O–H groups in total. The third-order valence-electron chi connectivity index (χ3n) is 4.09. The minimum absolute atomic E-state index is 0.0518. The molecule has 146 valence electrons. The highest BCUT2D eigenvalue weighted by Crippen LogP contribution is 2.20. The molecule has 1 atom stereocenters. The molecule has 2 amide bonds. The van der Waals surface area contributed by atoms with Gasteiger partial charge >= 0.3 is 12.0 Å². The summed E-state index contributed by atoms with van der Waals surface area (Å²) in [4.78, 5) is 26.9. The first-order chi connectivity index (χ1) is 13.5. The molecule has 0 bridgehead atoms. The lowest BCUT2D eigenvalue weighted by Crippen LogP contribution is -2.46. The van der Waals surface area contributed by atoms with E-state index < -0.39 is 18.0 Å². The third kappa shape index (κ3) is 5.26. The number of halogens is 1. The van der Waals surface area contributed by atoms with Crippen LogP contribution in [0.25, 0.3) is 10.9 Å². The number of hydrogen-bond acceptors (Lipinski definition) is 4. The van der Waals surface area contributed by atoms with Gasteiger partial charge in [0.25, 0.3) is 0 Å². The van der Waals surface area contributed by atoms with Crippen LogP contribution in [0.1, 0.15) is 5.56 Å². The number of nitrogens with one attached hydrogen (secondary N) is 2. The summed E-state index contributed by atoms with van der Waals surface area (Å²) < 4.78 is 11.7. The van der Waals surface area contributed by atoms with Crippen LogP contribution in [0, 0.1) is 0 Å². The van der Waals surface area contributed by atoms with E-state index in [-0.39, 0.29) is 19.6 Å². The Bertz CT molecular complexity index is 973. The second-order valence-electron chi connectivity index (χ2n) is 6.10. The molecule has 28 heavy (non-hydrogen) atoms. The highest BCUT2D eigenvalue weighted by atomic mass is 79.9. The number of primary amides is 1. The molecule has 0 aliphatic heterocycles. The van der Waals surface area contributed by atoms with Gasteiger partial charge in [-0.05, 0) is 29.8 Å². The van der Waals surface area contributed by atoms with Gasteiger partial charge in [0.15, 0.2) is 0 Å². The number of ether oxygens (including phenoxy) is 2. The van der Waals surface area contributed by atoms with Crippen molar-refractivity contribution in [2.45, 2.75) is 12.5 Å². The Morgan fingerprint density at radius 2 is 1.96 bits per heavy atom. The molecule has 0 saturated heterocycles. The van der Waals surface area contributed by atoms with Gasteiger partial charge in [-0.2, -0.15) is 0 Å². The van der Waals surface area contributed by atoms with Crippen molar-refractivity contribution < 1.29 is 19.1 Å². The summed E-state index contributed by atoms with van der Waals surface area (Å²) in [5.41, 5.74) is 7.06. The monoisotopic (exact) mass is 445 g/mol. The molecule has 3 rings (SSSR count). The largest absolute Gasteiger partial charge is 0.490 e. The van der Waals surface area contributed by atoms with Crippen molar-refractivity contribution in [2.24, 2.45) is 5.73 Å². The average molecular weight is 446 g/mol. The normalized spacial score (nSPS) is 11.8. The number of urea groups is 1. The van der Waals surface area contributed by atoms with Crippen LogP contribution in [0.15, 0.2) is 59.2 Å². The molecular formula is C20H20BrN3O4. The van der Waals surface area contributed by atoms with E-state index in [4.69, 9.17) is 15.2 Å². The number of aromatic amines is 1. The van der Waals surface area contributed by atoms with Gasteiger partial charge in [0.2, 0.25) is 0 Å². The van der Waals surface area contributed by atoms with Gasteiger partial charge in [-0.15, -0.1) is 0 Å². The van der Waals surface area contributed by atoms with E-state index in [1.54, 1.807) is 6.07 Å². The van der Waals surface area contributed by atoms with E-state index in [0.717, 1.165) is 20.9 Å². The summed E-state index contributed by atoms with van der Waals surface area (Å²) in [5.74, 6) is 0.0953. The number of nitrogens with two attached hydrogens (primary N) is 1. The number of aromatic nitrogens is 1. The number of amides is 2. The number of rotatable bonds is 8. The average Bonchev–Trinajstić information content (AvgIpc) is 3.07. The van der Waals surface area contributed by atoms with Crippen molar-refractivity contribution in [3.63, 3.8) is 0 Å². The molecule has 7 nitrogen and oxygen atoms in total. The number of carbonyl (C=O) groups is 2. The maximum absolute atomic E-state index is 12.4. The van der Waals surface area contributed by atoms with Gasteiger partial charge in [0, 0.05) is 28.0 Å². The molecule has 1 aromatic heterocycles. The second kappa shape index (κ2) is 9.27. The number of para-hydroxylation sites is 1. The lowest BCUT2D eigenvalue weighted by Gasteiger charge is -2.16. The van der Waals surface area contributed by atoms with Crippen LogP contribution in [-0.2, 0) is 16.0 Å². The second-order valence-corrected chi connectivity index (χ2v) is 7.01. The first-order valence-corrected chi connectivity index (χ1v) is 9.48. The zero-order valence-corrected chi connectivity index (χ0v) is 16.6. The fourth-order valence-corrected chi connectivity index (χ4v) is 3.22. The van der Waals surface area contributed by atoms with Crippen LogP contribution in [0.2, 0.25) is 0 Å². The van der Waals surface area contributed by atoms with Crippen molar-refractivity contribution in [2.75, 3.05) is 13.2 Å². The first kappa shape index (κ1) is 19.8. The molecule has 0 aliphatic rings. The van der Waals surface area contributed by atoms with E-state index in [0.29, 0.717) is 5.75 Å². The number of hydrogen-bond donors (Lipinski definition) is 3. The zero-order valence-electron chi connectivity index (χ0n) is 15.0. The van der Waals surface area contributed by atoms with Crippen LogP contribution >= 0.6 is 15.9 Å². The van der Waals surface area contributed by atoms with E-state index >= 15 is 0 Å². The number of fused-ring (bicyclic) bond motifs is 1.